The highest BCUT2D eigenvalue weighted by molar-refractivity contribution is 9.10. The van der Waals surface area contributed by atoms with E-state index in [4.69, 9.17) is 16.3 Å². The Kier molecular flexibility index (Phi) is 4.50. The minimum atomic E-state index is -0.528. The molecular weight excluding hydrogens is 332 g/mol. The lowest BCUT2D eigenvalue weighted by molar-refractivity contribution is 0.0330. The number of aromatic nitrogens is 2. The molecule has 0 saturated heterocycles. The van der Waals surface area contributed by atoms with Gasteiger partial charge in [-0.05, 0) is 24.6 Å². The average Bonchev–Trinajstić information content (AvgIpc) is 2.40. The van der Waals surface area contributed by atoms with Crippen LogP contribution in [0.15, 0.2) is 41.1 Å². The van der Waals surface area contributed by atoms with Gasteiger partial charge in [-0.2, -0.15) is 0 Å². The third kappa shape index (κ3) is 3.75. The Hall–Kier alpha value is -1.46. The molecule has 0 amide bonds. The lowest BCUT2D eigenvalue weighted by Gasteiger charge is -2.13. The summed E-state index contributed by atoms with van der Waals surface area (Å²) >= 11 is 8.95. The molecule has 0 spiro atoms. The van der Waals surface area contributed by atoms with E-state index >= 15 is 0 Å². The summed E-state index contributed by atoms with van der Waals surface area (Å²) in [6.45, 7) is 1.80. The Labute approximate surface area is 123 Å². The van der Waals surface area contributed by atoms with Crippen LogP contribution in [0.2, 0.25) is 5.15 Å². The fraction of sp³-hybridized carbons (Fsp3) is 0.154. The first kappa shape index (κ1) is 14.0. The second-order valence-corrected chi connectivity index (χ2v) is 5.13. The third-order valence-corrected chi connectivity index (χ3v) is 3.18. The summed E-state index contributed by atoms with van der Waals surface area (Å²) in [5, 5.41) is 0.234. The van der Waals surface area contributed by atoms with Crippen molar-refractivity contribution in [1.82, 2.24) is 9.97 Å². The highest BCUT2D eigenvalue weighted by Gasteiger charge is 2.15. The van der Waals surface area contributed by atoms with Gasteiger partial charge in [0.2, 0.25) is 0 Å². The Morgan fingerprint density at radius 3 is 2.53 bits per heavy atom. The zero-order valence-corrected chi connectivity index (χ0v) is 12.4. The van der Waals surface area contributed by atoms with E-state index in [9.17, 15) is 4.79 Å². The molecule has 1 atom stereocenters. The molecule has 1 aromatic carbocycles. The van der Waals surface area contributed by atoms with Gasteiger partial charge in [0.05, 0.1) is 12.4 Å². The first-order valence-corrected chi connectivity index (χ1v) is 6.67. The molecule has 0 fully saturated rings. The smallest absolute Gasteiger partial charge is 0.359 e. The van der Waals surface area contributed by atoms with E-state index in [1.54, 1.807) is 6.92 Å². The van der Waals surface area contributed by atoms with Gasteiger partial charge in [-0.25, -0.2) is 14.8 Å². The van der Waals surface area contributed by atoms with Crippen molar-refractivity contribution in [3.63, 3.8) is 0 Å². The number of carbonyl (C=O) groups is 1. The van der Waals surface area contributed by atoms with Crippen molar-refractivity contribution in [3.8, 4) is 0 Å². The number of rotatable bonds is 3. The Bertz CT molecular complexity index is 572. The number of hydrogen-bond acceptors (Lipinski definition) is 4. The molecule has 0 aliphatic heterocycles. The summed E-state index contributed by atoms with van der Waals surface area (Å²) in [7, 11) is 0. The second kappa shape index (κ2) is 6.12. The molecule has 0 saturated carbocycles. The van der Waals surface area contributed by atoms with Crippen molar-refractivity contribution in [2.24, 2.45) is 0 Å². The van der Waals surface area contributed by atoms with E-state index in [0.717, 1.165) is 10.0 Å². The van der Waals surface area contributed by atoms with Gasteiger partial charge in [0, 0.05) is 4.47 Å². The van der Waals surface area contributed by atoms with Gasteiger partial charge in [0.15, 0.2) is 5.69 Å². The highest BCUT2D eigenvalue weighted by Crippen LogP contribution is 2.20. The minimum Gasteiger partial charge on any atom is -0.453 e. The predicted molar refractivity (Wildman–Crippen MR) is 75.0 cm³/mol. The van der Waals surface area contributed by atoms with Crippen LogP contribution in [0.3, 0.4) is 0 Å². The van der Waals surface area contributed by atoms with Crippen LogP contribution >= 0.6 is 27.5 Å². The quantitative estimate of drug-likeness (QED) is 0.797. The van der Waals surface area contributed by atoms with Crippen LogP contribution in [-0.4, -0.2) is 15.9 Å². The van der Waals surface area contributed by atoms with Gasteiger partial charge in [0.25, 0.3) is 0 Å². The number of benzene rings is 1. The van der Waals surface area contributed by atoms with Gasteiger partial charge in [-0.3, -0.25) is 0 Å². The molecule has 19 heavy (non-hydrogen) atoms. The second-order valence-electron chi connectivity index (χ2n) is 3.82. The number of hydrogen-bond donors (Lipinski definition) is 0. The number of esters is 1. The number of nitrogens with zero attached hydrogens (tertiary/aromatic N) is 2. The highest BCUT2D eigenvalue weighted by atomic mass is 79.9. The SMILES string of the molecule is C[C@H](OC(=O)c1cnc(Cl)cn1)c1ccc(Br)cc1. The van der Waals surface area contributed by atoms with Gasteiger partial charge < -0.3 is 4.74 Å². The molecule has 0 aliphatic rings. The van der Waals surface area contributed by atoms with Crippen LogP contribution in [-0.2, 0) is 4.74 Å². The van der Waals surface area contributed by atoms with E-state index in [1.165, 1.54) is 12.4 Å². The maximum Gasteiger partial charge on any atom is 0.359 e. The summed E-state index contributed by atoms with van der Waals surface area (Å²) in [6.07, 6.45) is 2.24. The topological polar surface area (TPSA) is 52.1 Å². The van der Waals surface area contributed by atoms with Crippen LogP contribution in [0.1, 0.15) is 29.1 Å². The van der Waals surface area contributed by atoms with Crippen molar-refractivity contribution in [2.45, 2.75) is 13.0 Å². The van der Waals surface area contributed by atoms with Crippen molar-refractivity contribution < 1.29 is 9.53 Å². The molecule has 2 rings (SSSR count). The van der Waals surface area contributed by atoms with E-state index in [1.807, 2.05) is 24.3 Å². The largest absolute Gasteiger partial charge is 0.453 e. The van der Waals surface area contributed by atoms with Crippen LogP contribution in [0.25, 0.3) is 0 Å². The van der Waals surface area contributed by atoms with Crippen molar-refractivity contribution in [3.05, 3.63) is 57.5 Å². The molecule has 0 N–H and O–H groups in total. The lowest BCUT2D eigenvalue weighted by atomic mass is 10.1. The van der Waals surface area contributed by atoms with Crippen LogP contribution < -0.4 is 0 Å². The standard InChI is InChI=1S/C13H10BrClN2O2/c1-8(9-2-4-10(14)5-3-9)19-13(18)11-6-17-12(15)7-16-11/h2-8H,1H3/t8-/m0/s1. The molecule has 0 radical (unpaired) electrons. The number of ether oxygens (including phenoxy) is 1. The molecule has 0 aliphatic carbocycles. The molecule has 0 bridgehead atoms. The molecule has 0 unspecified atom stereocenters. The molecule has 2 aromatic rings. The Balaban J connectivity index is 2.06. The molecule has 1 heterocycles. The summed E-state index contributed by atoms with van der Waals surface area (Å²) in [5.41, 5.74) is 1.03. The summed E-state index contributed by atoms with van der Waals surface area (Å²) in [4.78, 5) is 19.5. The van der Waals surface area contributed by atoms with Crippen LogP contribution in [0, 0.1) is 0 Å². The van der Waals surface area contributed by atoms with Crippen molar-refractivity contribution in [2.75, 3.05) is 0 Å². The first-order valence-electron chi connectivity index (χ1n) is 5.50. The monoisotopic (exact) mass is 340 g/mol. The fourth-order valence-corrected chi connectivity index (χ4v) is 1.80. The Morgan fingerprint density at radius 1 is 1.26 bits per heavy atom. The van der Waals surface area contributed by atoms with Crippen LogP contribution in [0.4, 0.5) is 0 Å². The molecule has 1 aromatic heterocycles. The molecule has 4 nitrogen and oxygen atoms in total. The molecular formula is C13H10BrClN2O2. The van der Waals surface area contributed by atoms with Gasteiger partial charge in [-0.1, -0.05) is 39.7 Å². The predicted octanol–water partition coefficient (Wildman–Crippen LogP) is 3.81. The third-order valence-electron chi connectivity index (χ3n) is 2.45. The normalized spacial score (nSPS) is 11.9. The zero-order chi connectivity index (χ0) is 13.8. The Morgan fingerprint density at radius 2 is 1.95 bits per heavy atom. The first-order chi connectivity index (χ1) is 9.06. The van der Waals surface area contributed by atoms with E-state index in [2.05, 4.69) is 25.9 Å². The summed E-state index contributed by atoms with van der Waals surface area (Å²) < 4.78 is 6.27. The molecule has 6 heteroatoms. The van der Waals surface area contributed by atoms with Crippen LogP contribution in [0.5, 0.6) is 0 Å². The fourth-order valence-electron chi connectivity index (χ4n) is 1.44. The zero-order valence-electron chi connectivity index (χ0n) is 10.0. The minimum absolute atomic E-state index is 0.133. The van der Waals surface area contributed by atoms with E-state index in [0.29, 0.717) is 0 Å². The number of carbonyl (C=O) groups excluding carboxylic acids is 1. The van der Waals surface area contributed by atoms with Gasteiger partial charge in [-0.15, -0.1) is 0 Å². The molecule has 98 valence electrons. The lowest BCUT2D eigenvalue weighted by Crippen LogP contribution is -2.11. The maximum absolute atomic E-state index is 11.8. The van der Waals surface area contributed by atoms with Crippen molar-refractivity contribution >= 4 is 33.5 Å². The van der Waals surface area contributed by atoms with Gasteiger partial charge >= 0.3 is 5.97 Å². The number of halogens is 2. The summed E-state index contributed by atoms with van der Waals surface area (Å²) in [6, 6.07) is 7.55. The van der Waals surface area contributed by atoms with E-state index in [-0.39, 0.29) is 17.0 Å². The average molecular weight is 342 g/mol. The maximum atomic E-state index is 11.8. The summed E-state index contributed by atoms with van der Waals surface area (Å²) in [5.74, 6) is -0.528. The van der Waals surface area contributed by atoms with E-state index < -0.39 is 5.97 Å². The van der Waals surface area contributed by atoms with Gasteiger partial charge in [0.1, 0.15) is 11.3 Å². The van der Waals surface area contributed by atoms with Crippen molar-refractivity contribution in [1.29, 1.82) is 0 Å².